The van der Waals surface area contributed by atoms with Gasteiger partial charge >= 0.3 is 0 Å². The lowest BCUT2D eigenvalue weighted by Gasteiger charge is -2.31. The van der Waals surface area contributed by atoms with E-state index in [0.717, 1.165) is 17.9 Å². The molecule has 1 aliphatic heterocycles. The molecule has 2 unspecified atom stereocenters. The van der Waals surface area contributed by atoms with Gasteiger partial charge < -0.3 is 14.9 Å². The molecule has 1 heterocycles. The van der Waals surface area contributed by atoms with Crippen molar-refractivity contribution in [1.82, 2.24) is 0 Å². The molecule has 3 nitrogen and oxygen atoms in total. The molecular formula is C22H32O3. The van der Waals surface area contributed by atoms with Gasteiger partial charge in [-0.05, 0) is 55.0 Å². The molecule has 3 rings (SSSR count). The lowest BCUT2D eigenvalue weighted by atomic mass is 9.82. The Bertz CT molecular complexity index is 616. The Morgan fingerprint density at radius 3 is 2.32 bits per heavy atom. The third-order valence-electron chi connectivity index (χ3n) is 4.30. The van der Waals surface area contributed by atoms with E-state index in [9.17, 15) is 5.11 Å². The highest BCUT2D eigenvalue weighted by Gasteiger charge is 2.27. The van der Waals surface area contributed by atoms with Gasteiger partial charge in [0.2, 0.25) is 0 Å². The van der Waals surface area contributed by atoms with Crippen LogP contribution in [0.15, 0.2) is 42.5 Å². The first-order valence-electron chi connectivity index (χ1n) is 9.23. The van der Waals surface area contributed by atoms with E-state index in [-0.39, 0.29) is 0 Å². The minimum absolute atomic E-state index is 0.340. The van der Waals surface area contributed by atoms with Crippen LogP contribution in [-0.4, -0.2) is 16.8 Å². The van der Waals surface area contributed by atoms with Crippen LogP contribution >= 0.6 is 0 Å². The third-order valence-corrected chi connectivity index (χ3v) is 4.30. The lowest BCUT2D eigenvalue weighted by Crippen LogP contribution is -2.23. The van der Waals surface area contributed by atoms with Crippen molar-refractivity contribution in [2.45, 2.75) is 53.4 Å². The molecule has 0 saturated heterocycles. The van der Waals surface area contributed by atoms with Gasteiger partial charge in [-0.1, -0.05) is 52.3 Å². The van der Waals surface area contributed by atoms with Gasteiger partial charge in [0.15, 0.2) is 0 Å². The van der Waals surface area contributed by atoms with E-state index >= 15 is 0 Å². The summed E-state index contributed by atoms with van der Waals surface area (Å²) >= 11 is 0. The molecule has 2 atom stereocenters. The van der Waals surface area contributed by atoms with Crippen LogP contribution in [-0.2, 0) is 0 Å². The maximum Gasteiger partial charge on any atom is 0.123 e. The Hall–Kier alpha value is -2.16. The van der Waals surface area contributed by atoms with Crippen LogP contribution in [0.3, 0.4) is 0 Å². The summed E-state index contributed by atoms with van der Waals surface area (Å²) in [6, 6.07) is 12.7. The number of hydrogen-bond acceptors (Lipinski definition) is 3. The summed E-state index contributed by atoms with van der Waals surface area (Å²) in [4.78, 5) is 0. The molecule has 2 N–H and O–H groups in total. The molecule has 0 spiro atoms. The predicted octanol–water partition coefficient (Wildman–Crippen LogP) is 6.03. The zero-order valence-corrected chi connectivity index (χ0v) is 16.1. The molecule has 2 aromatic rings. The van der Waals surface area contributed by atoms with Crippen molar-refractivity contribution in [1.29, 1.82) is 0 Å². The van der Waals surface area contributed by atoms with Gasteiger partial charge in [0.1, 0.15) is 17.2 Å². The van der Waals surface area contributed by atoms with E-state index < -0.39 is 0 Å². The average molecular weight is 344 g/mol. The fourth-order valence-corrected chi connectivity index (χ4v) is 2.92. The number of benzene rings is 2. The van der Waals surface area contributed by atoms with Crippen molar-refractivity contribution in [2.75, 3.05) is 6.61 Å². The molecular weight excluding hydrogens is 312 g/mol. The molecule has 3 heteroatoms. The summed E-state index contributed by atoms with van der Waals surface area (Å²) in [6.45, 7) is 11.1. The molecule has 0 fully saturated rings. The summed E-state index contributed by atoms with van der Waals surface area (Å²) in [5, 5.41) is 18.4. The fraction of sp³-hybridized carbons (Fsp3) is 0.455. The highest BCUT2D eigenvalue weighted by molar-refractivity contribution is 5.43. The second-order valence-electron chi connectivity index (χ2n) is 6.19. The van der Waals surface area contributed by atoms with Gasteiger partial charge in [-0.2, -0.15) is 0 Å². The number of para-hydroxylation sites is 1. The van der Waals surface area contributed by atoms with Gasteiger partial charge in [-0.3, -0.25) is 0 Å². The van der Waals surface area contributed by atoms with Crippen LogP contribution in [0.25, 0.3) is 0 Å². The summed E-state index contributed by atoms with van der Waals surface area (Å²) in [6.07, 6.45) is 2.34. The van der Waals surface area contributed by atoms with Gasteiger partial charge in [-0.25, -0.2) is 0 Å². The molecule has 0 aliphatic carbocycles. The second-order valence-corrected chi connectivity index (χ2v) is 6.19. The standard InChI is InChI=1S/C13H18O2.C7H8O.C2H6/c1-3-4-11-9(2)8-15-13-6-5-10(14)7-12(11)13;1-6-4-2-3-5-7(6)8;1-2/h5-7,9,11,14H,3-4,8H2,1-2H3;2-5,8H,1H3;1-2H3. The first-order chi connectivity index (χ1) is 12.0. The average Bonchev–Trinajstić information content (AvgIpc) is 2.62. The predicted molar refractivity (Wildman–Crippen MR) is 105 cm³/mol. The summed E-state index contributed by atoms with van der Waals surface area (Å²) < 4.78 is 5.66. The van der Waals surface area contributed by atoms with Crippen LogP contribution < -0.4 is 4.74 Å². The number of aromatic hydroxyl groups is 2. The number of fused-ring (bicyclic) bond motifs is 1. The number of hydrogen-bond donors (Lipinski definition) is 2. The zero-order chi connectivity index (χ0) is 18.8. The van der Waals surface area contributed by atoms with Crippen molar-refractivity contribution in [3.05, 3.63) is 53.6 Å². The van der Waals surface area contributed by atoms with Gasteiger partial charge in [0.25, 0.3) is 0 Å². The van der Waals surface area contributed by atoms with E-state index in [4.69, 9.17) is 9.84 Å². The molecule has 0 bridgehead atoms. The first kappa shape index (κ1) is 20.9. The van der Waals surface area contributed by atoms with Crippen LogP contribution in [0.5, 0.6) is 17.2 Å². The van der Waals surface area contributed by atoms with E-state index in [1.165, 1.54) is 18.4 Å². The summed E-state index contributed by atoms with van der Waals surface area (Å²) in [5.41, 5.74) is 2.10. The highest BCUT2D eigenvalue weighted by atomic mass is 16.5. The lowest BCUT2D eigenvalue weighted by molar-refractivity contribution is 0.199. The van der Waals surface area contributed by atoms with Crippen LogP contribution in [0, 0.1) is 12.8 Å². The van der Waals surface area contributed by atoms with Crippen molar-refractivity contribution in [3.63, 3.8) is 0 Å². The second kappa shape index (κ2) is 10.7. The van der Waals surface area contributed by atoms with Crippen molar-refractivity contribution in [2.24, 2.45) is 5.92 Å². The minimum Gasteiger partial charge on any atom is -0.508 e. The molecule has 1 aliphatic rings. The number of rotatable bonds is 2. The molecule has 0 saturated carbocycles. The van der Waals surface area contributed by atoms with Gasteiger partial charge in [0, 0.05) is 5.56 Å². The molecule has 0 aromatic heterocycles. The Balaban J connectivity index is 0.000000264. The van der Waals surface area contributed by atoms with Crippen LogP contribution in [0.1, 0.15) is 57.6 Å². The largest absolute Gasteiger partial charge is 0.508 e. The van der Waals surface area contributed by atoms with Crippen LogP contribution in [0.2, 0.25) is 0 Å². The van der Waals surface area contributed by atoms with Gasteiger partial charge in [-0.15, -0.1) is 0 Å². The topological polar surface area (TPSA) is 49.7 Å². The number of phenols is 2. The molecule has 0 amide bonds. The smallest absolute Gasteiger partial charge is 0.123 e. The Morgan fingerprint density at radius 1 is 1.08 bits per heavy atom. The van der Waals surface area contributed by atoms with E-state index in [1.807, 2.05) is 51.1 Å². The zero-order valence-electron chi connectivity index (χ0n) is 16.1. The maximum absolute atomic E-state index is 9.50. The monoisotopic (exact) mass is 344 g/mol. The van der Waals surface area contributed by atoms with E-state index in [1.54, 1.807) is 12.1 Å². The number of phenolic OH excluding ortho intramolecular Hbond substituents is 2. The Morgan fingerprint density at radius 2 is 1.76 bits per heavy atom. The quantitative estimate of drug-likeness (QED) is 0.699. The fourth-order valence-electron chi connectivity index (χ4n) is 2.92. The van der Waals surface area contributed by atoms with Crippen molar-refractivity contribution in [3.8, 4) is 17.2 Å². The molecule has 0 radical (unpaired) electrons. The Kier molecular flexibility index (Phi) is 8.90. The van der Waals surface area contributed by atoms with E-state index in [0.29, 0.717) is 23.3 Å². The summed E-state index contributed by atoms with van der Waals surface area (Å²) in [7, 11) is 0. The maximum atomic E-state index is 9.50. The molecule has 138 valence electrons. The van der Waals surface area contributed by atoms with Gasteiger partial charge in [0.05, 0.1) is 6.61 Å². The number of ether oxygens (including phenoxy) is 1. The van der Waals surface area contributed by atoms with Crippen LogP contribution in [0.4, 0.5) is 0 Å². The Labute approximate surface area is 152 Å². The minimum atomic E-state index is 0.340. The van der Waals surface area contributed by atoms with E-state index in [2.05, 4.69) is 13.8 Å². The van der Waals surface area contributed by atoms with Crippen molar-refractivity contribution < 1.29 is 14.9 Å². The normalized spacial score (nSPS) is 17.8. The summed E-state index contributed by atoms with van der Waals surface area (Å²) in [5.74, 6) is 2.73. The SMILES string of the molecule is CC.CCCC1c2cc(O)ccc2OCC1C.Cc1ccccc1O. The third kappa shape index (κ3) is 6.00. The molecule has 25 heavy (non-hydrogen) atoms. The highest BCUT2D eigenvalue weighted by Crippen LogP contribution is 2.41. The molecule has 2 aromatic carbocycles. The van der Waals surface area contributed by atoms with Crippen molar-refractivity contribution >= 4 is 0 Å². The first-order valence-corrected chi connectivity index (χ1v) is 9.23. The number of aryl methyl sites for hydroxylation is 1.